The van der Waals surface area contributed by atoms with E-state index in [1.165, 1.54) is 0 Å². The molecule has 7 heterocycles. The summed E-state index contributed by atoms with van der Waals surface area (Å²) in [7, 11) is 0. The molecule has 7 aliphatic heterocycles. The molecule has 0 unspecified atom stereocenters. The van der Waals surface area contributed by atoms with Crippen LogP contribution in [0.3, 0.4) is 0 Å². The van der Waals surface area contributed by atoms with Gasteiger partial charge in [0.2, 0.25) is 0 Å². The second-order valence-electron chi connectivity index (χ2n) is 19.6. The second-order valence-corrected chi connectivity index (χ2v) is 19.6. The summed E-state index contributed by atoms with van der Waals surface area (Å²) < 4.78 is 72.7. The number of hydrogen-bond acceptors (Lipinski definition) is 36. The van der Waals surface area contributed by atoms with Gasteiger partial charge in [-0.2, -0.15) is 0 Å². The van der Waals surface area contributed by atoms with Gasteiger partial charge in [-0.3, -0.25) is 0 Å². The molecule has 456 valence electrons. The van der Waals surface area contributed by atoms with Crippen LogP contribution in [0.5, 0.6) is 0 Å². The van der Waals surface area contributed by atoms with Crippen molar-refractivity contribution in [2.75, 3.05) is 46.2 Å². The summed E-state index contributed by atoms with van der Waals surface area (Å²) in [4.78, 5) is 0. The lowest BCUT2D eigenvalue weighted by Gasteiger charge is -2.49. The van der Waals surface area contributed by atoms with E-state index in [0.717, 1.165) is 0 Å². The van der Waals surface area contributed by atoms with Crippen LogP contribution in [0.15, 0.2) is 0 Å². The smallest absolute Gasteiger partial charge is 0.187 e. The number of ether oxygens (including phenoxy) is 13. The van der Waals surface area contributed by atoms with Crippen LogP contribution in [0.1, 0.15) is 0 Å². The minimum absolute atomic E-state index is 0.874. The van der Waals surface area contributed by atoms with Gasteiger partial charge in [0, 0.05) is 0 Å². The molecule has 0 aliphatic carbocycles. The molecule has 7 rings (SSSR count). The van der Waals surface area contributed by atoms with E-state index in [1.54, 1.807) is 0 Å². The minimum Gasteiger partial charge on any atom is -0.394 e. The Bertz CT molecular complexity index is 1820. The quantitative estimate of drug-likeness (QED) is 0.0571. The van der Waals surface area contributed by atoms with E-state index >= 15 is 0 Å². The highest BCUT2D eigenvalue weighted by Gasteiger charge is 2.57. The molecule has 0 aromatic heterocycles. The van der Waals surface area contributed by atoms with E-state index in [0.29, 0.717) is 0 Å². The predicted octanol–water partition coefficient (Wildman–Crippen LogP) is -16.3. The van der Waals surface area contributed by atoms with Crippen LogP contribution in [0.2, 0.25) is 0 Å². The van der Waals surface area contributed by atoms with E-state index < -0.39 is 261 Å². The molecule has 7 fully saturated rings. The van der Waals surface area contributed by atoms with Crippen LogP contribution in [0.25, 0.3) is 0 Å². The maximum Gasteiger partial charge on any atom is 0.187 e. The lowest BCUT2D eigenvalue weighted by Crippen LogP contribution is -2.68. The molecule has 36 heteroatoms. The van der Waals surface area contributed by atoms with Crippen molar-refractivity contribution in [2.24, 2.45) is 0 Å². The van der Waals surface area contributed by atoms with Crippen LogP contribution in [-0.2, 0) is 61.6 Å². The van der Waals surface area contributed by atoms with Gasteiger partial charge in [-0.05, 0) is 0 Å². The summed E-state index contributed by atoms with van der Waals surface area (Å²) in [6, 6.07) is 0. The molecule has 0 spiro atoms. The molecule has 0 bridgehead atoms. The van der Waals surface area contributed by atoms with Crippen molar-refractivity contribution in [3.63, 3.8) is 0 Å². The average Bonchev–Trinajstić information content (AvgIpc) is 3.52. The summed E-state index contributed by atoms with van der Waals surface area (Å²) >= 11 is 0. The first-order valence-corrected chi connectivity index (χ1v) is 24.7. The normalized spacial score (nSPS) is 53.5. The molecule has 36 nitrogen and oxygen atoms in total. The van der Waals surface area contributed by atoms with Crippen molar-refractivity contribution in [1.82, 2.24) is 0 Å². The Labute approximate surface area is 439 Å². The first kappa shape index (κ1) is 64.1. The Morgan fingerprint density at radius 3 is 0.885 bits per heavy atom. The van der Waals surface area contributed by atoms with Gasteiger partial charge < -0.3 is 179 Å². The van der Waals surface area contributed by atoms with Crippen LogP contribution in [0, 0.1) is 0 Å². The monoisotopic (exact) mass is 1150 g/mol. The maximum absolute atomic E-state index is 11.6. The molecule has 7 aliphatic rings. The van der Waals surface area contributed by atoms with Crippen molar-refractivity contribution < 1.29 is 179 Å². The molecule has 7 saturated heterocycles. The van der Waals surface area contributed by atoms with Crippen molar-refractivity contribution in [2.45, 2.75) is 215 Å². The lowest BCUT2D eigenvalue weighted by molar-refractivity contribution is -0.403. The van der Waals surface area contributed by atoms with Crippen LogP contribution >= 0.6 is 0 Å². The third kappa shape index (κ3) is 13.2. The number of aliphatic hydroxyl groups excluding tert-OH is 23. The molecular weight excluding hydrogens is 1080 g/mol. The van der Waals surface area contributed by atoms with Gasteiger partial charge in [-0.15, -0.1) is 0 Å². The molecule has 35 atom stereocenters. The fourth-order valence-corrected chi connectivity index (χ4v) is 9.72. The van der Waals surface area contributed by atoms with Gasteiger partial charge in [0.05, 0.1) is 46.2 Å². The minimum atomic E-state index is -2.28. The number of aliphatic hydroxyl groups is 23. The fraction of sp³-hybridized carbons (Fsp3) is 1.00. The topological polar surface area (TPSA) is 585 Å². The first-order chi connectivity index (χ1) is 36.9. The predicted molar refractivity (Wildman–Crippen MR) is 232 cm³/mol. The summed E-state index contributed by atoms with van der Waals surface area (Å²) in [6.45, 7) is -6.57. The van der Waals surface area contributed by atoms with Crippen molar-refractivity contribution in [1.29, 1.82) is 0 Å². The zero-order chi connectivity index (χ0) is 57.3. The Morgan fingerprint density at radius 1 is 0.218 bits per heavy atom. The Morgan fingerprint density at radius 2 is 0.487 bits per heavy atom. The fourth-order valence-electron chi connectivity index (χ4n) is 9.72. The largest absolute Gasteiger partial charge is 0.394 e. The standard InChI is InChI=1S/C42H72O36/c43-1-8-15(48)22(55)29(62)38(69-8)76-33-25(58)17(50)10(3-45)71-40(33)67-6-13-20(53)24(57)28(61)37(74-13)66-7-14-21(54)32(31(64)36(65)68-14)75-41-35(27(60)19(52)11(4-46)72-41)78-42-34(26(59)18(51)12(5-47)73-42)77-39-30(63)23(56)16(49)9(2-44)70-39/h8-65H,1-7H2/t8-,9-,10-,11-,12-,13-,14-,15-,16-,17-,18-,19-,20-,21-,22+,23+,24+,25+,26-,27+,28+,29+,30+,31+,32+,33+,34+,35+,36+,37+,38-,39-,40+,41-,42-/m1/s1. The van der Waals surface area contributed by atoms with Crippen molar-refractivity contribution in [3.05, 3.63) is 0 Å². The molecule has 0 radical (unpaired) electrons. The zero-order valence-electron chi connectivity index (χ0n) is 40.8. The maximum atomic E-state index is 11.6. The van der Waals surface area contributed by atoms with Crippen LogP contribution in [0.4, 0.5) is 0 Å². The van der Waals surface area contributed by atoms with Gasteiger partial charge in [-0.25, -0.2) is 0 Å². The van der Waals surface area contributed by atoms with Gasteiger partial charge in [0.25, 0.3) is 0 Å². The zero-order valence-corrected chi connectivity index (χ0v) is 40.8. The molecule has 0 saturated carbocycles. The van der Waals surface area contributed by atoms with Crippen molar-refractivity contribution >= 4 is 0 Å². The number of rotatable bonds is 19. The summed E-state index contributed by atoms with van der Waals surface area (Å²) in [5, 5.41) is 243. The Kier molecular flexibility index (Phi) is 22.6. The van der Waals surface area contributed by atoms with Crippen LogP contribution in [-0.4, -0.2) is 379 Å². The van der Waals surface area contributed by atoms with E-state index in [9.17, 15) is 117 Å². The third-order valence-electron chi connectivity index (χ3n) is 14.5. The second kappa shape index (κ2) is 27.5. The molecule has 78 heavy (non-hydrogen) atoms. The first-order valence-electron chi connectivity index (χ1n) is 24.7. The van der Waals surface area contributed by atoms with Crippen LogP contribution < -0.4 is 0 Å². The molecule has 0 amide bonds. The van der Waals surface area contributed by atoms with Gasteiger partial charge in [-0.1, -0.05) is 0 Å². The lowest BCUT2D eigenvalue weighted by atomic mass is 9.95. The highest BCUT2D eigenvalue weighted by molar-refractivity contribution is 4.99. The van der Waals surface area contributed by atoms with E-state index in [1.807, 2.05) is 0 Å². The van der Waals surface area contributed by atoms with Gasteiger partial charge in [0.15, 0.2) is 44.0 Å². The molecule has 0 aromatic carbocycles. The van der Waals surface area contributed by atoms with E-state index in [4.69, 9.17) is 61.6 Å². The third-order valence-corrected chi connectivity index (χ3v) is 14.5. The average molecular weight is 1150 g/mol. The SMILES string of the molecule is OC[C@H]1O[C@H](O[C@@H]2[C@@H](O[C@@H]3[C@@H](O[C@@H]4[C@H](O)[C@@H](O)O[C@H](CO[C@H]5O[C@H](CO[C@H]6O[C@H](CO)[C@@H](O)[C@H](O)[C@@H]6O[C@H]6O[C@H](CO)[C@@H](O)[C@H](O)[C@@H]6O)[C@@H](O)[C@H](O)[C@@H]5O)[C@H]4O)O[C@H](CO)[C@@H](O)[C@@H]3O)O[C@H](CO)[C@@H](O)[C@H]2O)[C@@H](O)[C@@H](O)[C@@H]1O. The van der Waals surface area contributed by atoms with E-state index in [-0.39, 0.29) is 0 Å². The molecule has 0 aromatic rings. The highest BCUT2D eigenvalue weighted by Crippen LogP contribution is 2.37. The summed E-state index contributed by atoms with van der Waals surface area (Å²) in [5.41, 5.74) is 0. The molecular formula is C42H72O36. The highest BCUT2D eigenvalue weighted by atomic mass is 16.8. The molecule has 23 N–H and O–H groups in total. The van der Waals surface area contributed by atoms with E-state index in [2.05, 4.69) is 0 Å². The summed E-state index contributed by atoms with van der Waals surface area (Å²) in [5.74, 6) is 0. The Balaban J connectivity index is 1.04. The van der Waals surface area contributed by atoms with Gasteiger partial charge >= 0.3 is 0 Å². The Hall–Kier alpha value is -1.44. The van der Waals surface area contributed by atoms with Crippen molar-refractivity contribution in [3.8, 4) is 0 Å². The van der Waals surface area contributed by atoms with Gasteiger partial charge in [0.1, 0.15) is 171 Å². The number of hydrogen-bond donors (Lipinski definition) is 23. The summed E-state index contributed by atoms with van der Waals surface area (Å²) in [6.07, 6.45) is -68.9.